The highest BCUT2D eigenvalue weighted by molar-refractivity contribution is 7.98. The summed E-state index contributed by atoms with van der Waals surface area (Å²) in [6.07, 6.45) is 3.82. The number of aromatic nitrogens is 6. The SMILES string of the molecule is CCn1ccnc1CSc1nnnn1CCNC(C)(C)C. The van der Waals surface area contributed by atoms with Crippen LogP contribution in [0, 0.1) is 0 Å². The summed E-state index contributed by atoms with van der Waals surface area (Å²) in [6.45, 7) is 11.1. The topological polar surface area (TPSA) is 73.5 Å². The largest absolute Gasteiger partial charge is 0.335 e. The van der Waals surface area contributed by atoms with Gasteiger partial charge in [0, 0.05) is 31.0 Å². The van der Waals surface area contributed by atoms with Crippen molar-refractivity contribution in [3.05, 3.63) is 18.2 Å². The van der Waals surface area contributed by atoms with E-state index in [1.54, 1.807) is 11.8 Å². The zero-order valence-electron chi connectivity index (χ0n) is 13.1. The van der Waals surface area contributed by atoms with Gasteiger partial charge in [-0.05, 0) is 38.1 Å². The van der Waals surface area contributed by atoms with Crippen LogP contribution in [0.1, 0.15) is 33.5 Å². The lowest BCUT2D eigenvalue weighted by Crippen LogP contribution is -2.38. The third kappa shape index (κ3) is 4.82. The molecule has 21 heavy (non-hydrogen) atoms. The summed E-state index contributed by atoms with van der Waals surface area (Å²) < 4.78 is 3.96. The number of nitrogens with zero attached hydrogens (tertiary/aromatic N) is 6. The highest BCUT2D eigenvalue weighted by Gasteiger charge is 2.11. The van der Waals surface area contributed by atoms with Crippen molar-refractivity contribution in [2.24, 2.45) is 0 Å². The van der Waals surface area contributed by atoms with E-state index in [9.17, 15) is 0 Å². The molecular weight excluding hydrogens is 286 g/mol. The standard InChI is InChI=1S/C13H23N7S/c1-5-19-8-6-14-11(19)10-21-12-16-17-18-20(12)9-7-15-13(2,3)4/h6,8,15H,5,7,9-10H2,1-4H3. The summed E-state index contributed by atoms with van der Waals surface area (Å²) in [5.74, 6) is 1.82. The molecule has 0 radical (unpaired) electrons. The Bertz CT molecular complexity index is 555. The molecule has 8 heteroatoms. The number of tetrazole rings is 1. The summed E-state index contributed by atoms with van der Waals surface area (Å²) in [6, 6.07) is 0. The van der Waals surface area contributed by atoms with Crippen molar-refractivity contribution in [3.8, 4) is 0 Å². The Morgan fingerprint density at radius 1 is 1.33 bits per heavy atom. The molecule has 7 nitrogen and oxygen atoms in total. The summed E-state index contributed by atoms with van der Waals surface area (Å²) in [4.78, 5) is 4.36. The van der Waals surface area contributed by atoms with Crippen molar-refractivity contribution in [1.29, 1.82) is 0 Å². The van der Waals surface area contributed by atoms with Gasteiger partial charge in [-0.3, -0.25) is 0 Å². The van der Waals surface area contributed by atoms with Gasteiger partial charge in [0.1, 0.15) is 5.82 Å². The number of aryl methyl sites for hydroxylation is 1. The molecule has 0 aliphatic heterocycles. The van der Waals surface area contributed by atoms with E-state index in [1.807, 2.05) is 17.1 Å². The van der Waals surface area contributed by atoms with Crippen LogP contribution in [0.3, 0.4) is 0 Å². The molecule has 0 saturated carbocycles. The zero-order chi connectivity index (χ0) is 15.3. The molecule has 0 unspecified atom stereocenters. The molecule has 0 aliphatic rings. The Kier molecular flexibility index (Phi) is 5.35. The van der Waals surface area contributed by atoms with Gasteiger partial charge in [0.05, 0.1) is 12.3 Å². The quantitative estimate of drug-likeness (QED) is 0.783. The van der Waals surface area contributed by atoms with Crippen molar-refractivity contribution < 1.29 is 0 Å². The van der Waals surface area contributed by atoms with E-state index < -0.39 is 0 Å². The first-order chi connectivity index (χ1) is 9.99. The maximum absolute atomic E-state index is 4.36. The molecule has 0 atom stereocenters. The monoisotopic (exact) mass is 309 g/mol. The maximum Gasteiger partial charge on any atom is 0.209 e. The highest BCUT2D eigenvalue weighted by atomic mass is 32.2. The lowest BCUT2D eigenvalue weighted by Gasteiger charge is -2.20. The molecular formula is C13H23N7S. The maximum atomic E-state index is 4.36. The fraction of sp³-hybridized carbons (Fsp3) is 0.692. The van der Waals surface area contributed by atoms with Crippen molar-refractivity contribution >= 4 is 11.8 Å². The molecule has 0 aliphatic carbocycles. The fourth-order valence-corrected chi connectivity index (χ4v) is 2.74. The van der Waals surface area contributed by atoms with Gasteiger partial charge in [-0.15, -0.1) is 5.10 Å². The van der Waals surface area contributed by atoms with Gasteiger partial charge in [-0.1, -0.05) is 11.8 Å². The van der Waals surface area contributed by atoms with Gasteiger partial charge in [0.2, 0.25) is 5.16 Å². The van der Waals surface area contributed by atoms with E-state index in [2.05, 4.69) is 58.1 Å². The first-order valence-corrected chi connectivity index (χ1v) is 8.12. The third-order valence-electron chi connectivity index (χ3n) is 2.95. The van der Waals surface area contributed by atoms with Crippen molar-refractivity contribution in [2.45, 2.75) is 57.2 Å². The lowest BCUT2D eigenvalue weighted by atomic mass is 10.1. The average Bonchev–Trinajstić information content (AvgIpc) is 3.03. The van der Waals surface area contributed by atoms with Crippen LogP contribution in [-0.2, 0) is 18.8 Å². The molecule has 0 saturated heterocycles. The molecule has 0 amide bonds. The normalized spacial score (nSPS) is 12.0. The minimum Gasteiger partial charge on any atom is -0.335 e. The van der Waals surface area contributed by atoms with Crippen molar-refractivity contribution in [3.63, 3.8) is 0 Å². The first-order valence-electron chi connectivity index (χ1n) is 7.13. The number of hydrogen-bond acceptors (Lipinski definition) is 6. The Labute approximate surface area is 129 Å². The number of nitrogens with one attached hydrogen (secondary N) is 1. The van der Waals surface area contributed by atoms with Gasteiger partial charge in [0.25, 0.3) is 0 Å². The second-order valence-corrected chi connectivity index (χ2v) is 6.72. The first kappa shape index (κ1) is 16.0. The Morgan fingerprint density at radius 3 is 2.86 bits per heavy atom. The number of imidazole rings is 1. The molecule has 2 rings (SSSR count). The van der Waals surface area contributed by atoms with Crippen molar-refractivity contribution in [1.82, 2.24) is 35.1 Å². The molecule has 0 bridgehead atoms. The Balaban J connectivity index is 1.88. The van der Waals surface area contributed by atoms with Crippen LogP contribution < -0.4 is 5.32 Å². The van der Waals surface area contributed by atoms with Crippen LogP contribution in [0.2, 0.25) is 0 Å². The number of rotatable bonds is 7. The van der Waals surface area contributed by atoms with Gasteiger partial charge in [-0.25, -0.2) is 9.67 Å². The summed E-state index contributed by atoms with van der Waals surface area (Å²) in [7, 11) is 0. The molecule has 0 spiro atoms. The molecule has 0 fully saturated rings. The van der Waals surface area contributed by atoms with Gasteiger partial charge < -0.3 is 9.88 Å². The van der Waals surface area contributed by atoms with Crippen LogP contribution >= 0.6 is 11.8 Å². The van der Waals surface area contributed by atoms with Crippen LogP contribution in [0.15, 0.2) is 17.6 Å². The van der Waals surface area contributed by atoms with Crippen LogP contribution in [-0.4, -0.2) is 41.8 Å². The third-order valence-corrected chi connectivity index (χ3v) is 3.90. The van der Waals surface area contributed by atoms with Crippen molar-refractivity contribution in [2.75, 3.05) is 6.54 Å². The van der Waals surface area contributed by atoms with Gasteiger partial charge >= 0.3 is 0 Å². The second kappa shape index (κ2) is 7.04. The lowest BCUT2D eigenvalue weighted by molar-refractivity contribution is 0.396. The van der Waals surface area contributed by atoms with Crippen LogP contribution in [0.5, 0.6) is 0 Å². The minimum atomic E-state index is 0.104. The molecule has 2 heterocycles. The van der Waals surface area contributed by atoms with E-state index in [-0.39, 0.29) is 5.54 Å². The van der Waals surface area contributed by atoms with Gasteiger partial charge in [-0.2, -0.15) is 0 Å². The van der Waals surface area contributed by atoms with E-state index in [0.29, 0.717) is 0 Å². The molecule has 0 aromatic carbocycles. The molecule has 1 N–H and O–H groups in total. The fourth-order valence-electron chi connectivity index (χ4n) is 1.87. The van der Waals surface area contributed by atoms with E-state index in [1.165, 1.54) is 0 Å². The van der Waals surface area contributed by atoms with Crippen LogP contribution in [0.25, 0.3) is 0 Å². The predicted octanol–water partition coefficient (Wildman–Crippen LogP) is 1.57. The molecule has 116 valence electrons. The number of thioether (sulfide) groups is 1. The minimum absolute atomic E-state index is 0.104. The smallest absolute Gasteiger partial charge is 0.209 e. The molecule has 2 aromatic heterocycles. The Hall–Kier alpha value is -1.41. The predicted molar refractivity (Wildman–Crippen MR) is 83.0 cm³/mol. The highest BCUT2D eigenvalue weighted by Crippen LogP contribution is 2.18. The van der Waals surface area contributed by atoms with E-state index in [4.69, 9.17) is 0 Å². The Morgan fingerprint density at radius 2 is 2.14 bits per heavy atom. The average molecular weight is 309 g/mol. The summed E-state index contributed by atoms with van der Waals surface area (Å²) in [5, 5.41) is 16.2. The van der Waals surface area contributed by atoms with Gasteiger partial charge in [0.15, 0.2) is 0 Å². The van der Waals surface area contributed by atoms with E-state index >= 15 is 0 Å². The van der Waals surface area contributed by atoms with Crippen LogP contribution in [0.4, 0.5) is 0 Å². The molecule has 2 aromatic rings. The summed E-state index contributed by atoms with van der Waals surface area (Å²) >= 11 is 1.61. The van der Waals surface area contributed by atoms with E-state index in [0.717, 1.165) is 36.4 Å². The number of hydrogen-bond donors (Lipinski definition) is 1. The zero-order valence-corrected chi connectivity index (χ0v) is 13.9. The second-order valence-electron chi connectivity index (χ2n) is 5.78. The summed E-state index contributed by atoms with van der Waals surface area (Å²) in [5.41, 5.74) is 0.104.